The highest BCUT2D eigenvalue weighted by atomic mass is 32.2. The van der Waals surface area contributed by atoms with E-state index in [9.17, 15) is 8.42 Å². The Morgan fingerprint density at radius 2 is 2.08 bits per heavy atom. The summed E-state index contributed by atoms with van der Waals surface area (Å²) in [7, 11) is -3.54. The summed E-state index contributed by atoms with van der Waals surface area (Å²) in [6.07, 6.45) is 1.17. The first-order valence-corrected chi connectivity index (χ1v) is 10.1. The van der Waals surface area contributed by atoms with Crippen LogP contribution in [-0.4, -0.2) is 48.5 Å². The number of hydrogen-bond donors (Lipinski definition) is 0. The molecule has 0 amide bonds. The number of benzene rings is 1. The number of nitrogens with zero attached hydrogens (tertiary/aromatic N) is 3. The molecule has 2 aliphatic heterocycles. The predicted octanol–water partition coefficient (Wildman–Crippen LogP) is 1.87. The largest absolute Gasteiger partial charge is 0.493 e. The van der Waals surface area contributed by atoms with E-state index in [4.69, 9.17) is 9.47 Å². The molecule has 0 aliphatic carbocycles. The molecule has 7 nitrogen and oxygen atoms in total. The van der Waals surface area contributed by atoms with Gasteiger partial charge in [-0.3, -0.25) is 0 Å². The second-order valence-corrected chi connectivity index (χ2v) is 8.59. The van der Waals surface area contributed by atoms with Crippen molar-refractivity contribution in [2.24, 2.45) is 0 Å². The average Bonchev–Trinajstić information content (AvgIpc) is 3.22. The molecule has 3 heterocycles. The van der Waals surface area contributed by atoms with E-state index in [0.29, 0.717) is 42.7 Å². The van der Waals surface area contributed by atoms with Crippen LogP contribution < -0.4 is 9.47 Å². The molecular weight excluding hydrogens is 354 g/mol. The number of hydrogen-bond acceptors (Lipinski definition) is 6. The van der Waals surface area contributed by atoms with E-state index in [1.54, 1.807) is 24.3 Å². The third kappa shape index (κ3) is 3.26. The molecule has 4 rings (SSSR count). The van der Waals surface area contributed by atoms with Crippen molar-refractivity contribution in [3.05, 3.63) is 41.3 Å². The Kier molecular flexibility index (Phi) is 4.32. The quantitative estimate of drug-likeness (QED) is 0.811. The predicted molar refractivity (Wildman–Crippen MR) is 94.9 cm³/mol. The van der Waals surface area contributed by atoms with E-state index < -0.39 is 10.0 Å². The van der Waals surface area contributed by atoms with E-state index >= 15 is 0 Å². The fraction of sp³-hybridized carbons (Fsp3) is 0.444. The van der Waals surface area contributed by atoms with Gasteiger partial charge in [-0.1, -0.05) is 0 Å². The molecule has 0 bridgehead atoms. The van der Waals surface area contributed by atoms with Gasteiger partial charge in [-0.2, -0.15) is 9.29 Å². The lowest BCUT2D eigenvalue weighted by atomic mass is 10.2. The summed E-state index contributed by atoms with van der Waals surface area (Å²) in [6, 6.07) is 6.85. The number of sulfonamides is 1. The highest BCUT2D eigenvalue weighted by molar-refractivity contribution is 7.89. The molecule has 2 aliphatic rings. The van der Waals surface area contributed by atoms with Crippen LogP contribution in [0.2, 0.25) is 0 Å². The maximum atomic E-state index is 12.9. The Labute approximate surface area is 153 Å². The first-order valence-electron chi connectivity index (χ1n) is 8.66. The van der Waals surface area contributed by atoms with Gasteiger partial charge in [-0.15, -0.1) is 0 Å². The summed E-state index contributed by atoms with van der Waals surface area (Å²) in [5.41, 5.74) is 1.78. The summed E-state index contributed by atoms with van der Waals surface area (Å²) in [5, 5.41) is 0. The van der Waals surface area contributed by atoms with E-state index in [2.05, 4.69) is 9.97 Å². The molecule has 1 aromatic heterocycles. The van der Waals surface area contributed by atoms with Crippen LogP contribution in [0.3, 0.4) is 0 Å². The van der Waals surface area contributed by atoms with Gasteiger partial charge in [0.1, 0.15) is 17.7 Å². The minimum absolute atomic E-state index is 0.212. The second kappa shape index (κ2) is 6.51. The van der Waals surface area contributed by atoms with Crippen molar-refractivity contribution in [2.75, 3.05) is 19.7 Å². The normalized spacial score (nSPS) is 20.0. The Bertz CT molecular complexity index is 925. The van der Waals surface area contributed by atoms with Crippen LogP contribution in [0.5, 0.6) is 11.6 Å². The molecular formula is C18H21N3O4S. The van der Waals surface area contributed by atoms with Gasteiger partial charge in [0.15, 0.2) is 0 Å². The van der Waals surface area contributed by atoms with Crippen molar-refractivity contribution in [1.29, 1.82) is 0 Å². The number of fused-ring (bicyclic) bond motifs is 1. The zero-order valence-corrected chi connectivity index (χ0v) is 15.6. The van der Waals surface area contributed by atoms with Gasteiger partial charge in [0.2, 0.25) is 15.9 Å². The maximum absolute atomic E-state index is 12.9. The Hall–Kier alpha value is -2.19. The van der Waals surface area contributed by atoms with Crippen molar-refractivity contribution < 1.29 is 17.9 Å². The summed E-state index contributed by atoms with van der Waals surface area (Å²) >= 11 is 0. The first-order chi connectivity index (χ1) is 12.4. The van der Waals surface area contributed by atoms with Crippen molar-refractivity contribution in [3.63, 3.8) is 0 Å². The van der Waals surface area contributed by atoms with Crippen LogP contribution in [0, 0.1) is 13.8 Å². The Morgan fingerprint density at radius 3 is 2.88 bits per heavy atom. The van der Waals surface area contributed by atoms with Gasteiger partial charge in [0.25, 0.3) is 0 Å². The molecule has 1 aromatic carbocycles. The molecule has 1 atom stereocenters. The topological polar surface area (TPSA) is 81.6 Å². The highest BCUT2D eigenvalue weighted by Crippen LogP contribution is 2.30. The van der Waals surface area contributed by atoms with Crippen LogP contribution >= 0.6 is 0 Å². The third-order valence-corrected chi connectivity index (χ3v) is 6.50. The molecule has 138 valence electrons. The molecule has 8 heteroatoms. The Balaban J connectivity index is 1.49. The zero-order valence-electron chi connectivity index (χ0n) is 14.8. The fourth-order valence-electron chi connectivity index (χ4n) is 3.40. The van der Waals surface area contributed by atoms with Gasteiger partial charge < -0.3 is 9.47 Å². The molecule has 26 heavy (non-hydrogen) atoms. The molecule has 1 fully saturated rings. The number of rotatable bonds is 4. The van der Waals surface area contributed by atoms with Crippen LogP contribution in [-0.2, 0) is 16.4 Å². The molecule has 2 aromatic rings. The minimum atomic E-state index is -3.54. The SMILES string of the molecule is Cc1cc(OC2CCN(S(=O)(=O)c3ccc4c(c3)CCO4)C2)nc(C)n1. The standard InChI is InChI=1S/C18H21N3O4S/c1-12-9-18(20-13(2)19-12)25-15-5-7-21(11-15)26(22,23)16-3-4-17-14(10-16)6-8-24-17/h3-4,9-10,15H,5-8,11H2,1-2H3. The molecule has 1 unspecified atom stereocenters. The summed E-state index contributed by atoms with van der Waals surface area (Å²) in [5.74, 6) is 1.91. The summed E-state index contributed by atoms with van der Waals surface area (Å²) in [4.78, 5) is 8.81. The van der Waals surface area contributed by atoms with E-state index in [1.165, 1.54) is 4.31 Å². The molecule has 0 saturated carbocycles. The lowest BCUT2D eigenvalue weighted by Crippen LogP contribution is -2.31. The maximum Gasteiger partial charge on any atom is 0.243 e. The smallest absolute Gasteiger partial charge is 0.243 e. The lowest BCUT2D eigenvalue weighted by molar-refractivity contribution is 0.206. The lowest BCUT2D eigenvalue weighted by Gasteiger charge is -2.17. The monoisotopic (exact) mass is 375 g/mol. The zero-order chi connectivity index (χ0) is 18.3. The number of aryl methyl sites for hydroxylation is 2. The van der Waals surface area contributed by atoms with Crippen molar-refractivity contribution in [2.45, 2.75) is 37.7 Å². The van der Waals surface area contributed by atoms with Crippen molar-refractivity contribution in [1.82, 2.24) is 14.3 Å². The van der Waals surface area contributed by atoms with Crippen LogP contribution in [0.4, 0.5) is 0 Å². The third-order valence-electron chi connectivity index (χ3n) is 4.64. The van der Waals surface area contributed by atoms with Gasteiger partial charge in [-0.05, 0) is 44.0 Å². The summed E-state index contributed by atoms with van der Waals surface area (Å²) in [6.45, 7) is 5.05. The number of aromatic nitrogens is 2. The summed E-state index contributed by atoms with van der Waals surface area (Å²) < 4.78 is 38.7. The average molecular weight is 375 g/mol. The number of ether oxygens (including phenoxy) is 2. The molecule has 1 saturated heterocycles. The van der Waals surface area contributed by atoms with E-state index in [0.717, 1.165) is 23.4 Å². The minimum Gasteiger partial charge on any atom is -0.493 e. The Morgan fingerprint density at radius 1 is 1.23 bits per heavy atom. The molecule has 0 spiro atoms. The fourth-order valence-corrected chi connectivity index (χ4v) is 4.94. The highest BCUT2D eigenvalue weighted by Gasteiger charge is 2.34. The van der Waals surface area contributed by atoms with Gasteiger partial charge in [0.05, 0.1) is 18.0 Å². The van der Waals surface area contributed by atoms with Crippen molar-refractivity contribution in [3.8, 4) is 11.6 Å². The van der Waals surface area contributed by atoms with Crippen LogP contribution in [0.1, 0.15) is 23.5 Å². The molecule has 0 radical (unpaired) electrons. The van der Waals surface area contributed by atoms with Gasteiger partial charge in [0, 0.05) is 24.7 Å². The van der Waals surface area contributed by atoms with Gasteiger partial charge in [-0.25, -0.2) is 13.4 Å². The van der Waals surface area contributed by atoms with Crippen LogP contribution in [0.15, 0.2) is 29.2 Å². The van der Waals surface area contributed by atoms with Crippen LogP contribution in [0.25, 0.3) is 0 Å². The van der Waals surface area contributed by atoms with E-state index in [1.807, 2.05) is 13.8 Å². The second-order valence-electron chi connectivity index (χ2n) is 6.65. The van der Waals surface area contributed by atoms with E-state index in [-0.39, 0.29) is 6.10 Å². The molecule has 0 N–H and O–H groups in total. The first kappa shape index (κ1) is 17.2. The van der Waals surface area contributed by atoms with Gasteiger partial charge >= 0.3 is 0 Å². The van der Waals surface area contributed by atoms with Crippen molar-refractivity contribution >= 4 is 10.0 Å².